The number of allylic oxidation sites excluding steroid dienone is 1. The van der Waals surface area contributed by atoms with Gasteiger partial charge in [-0.15, -0.1) is 0 Å². The molecule has 1 N–H and O–H groups in total. The van der Waals surface area contributed by atoms with E-state index in [4.69, 9.17) is 4.42 Å². The first kappa shape index (κ1) is 22.7. The summed E-state index contributed by atoms with van der Waals surface area (Å²) < 4.78 is 45.2. The molecule has 0 radical (unpaired) electrons. The van der Waals surface area contributed by atoms with Gasteiger partial charge in [0.15, 0.2) is 5.76 Å². The zero-order chi connectivity index (χ0) is 24.6. The third-order valence-electron chi connectivity index (χ3n) is 5.98. The fourth-order valence-electron chi connectivity index (χ4n) is 4.07. The molecule has 3 heterocycles. The van der Waals surface area contributed by atoms with Crippen molar-refractivity contribution in [1.29, 1.82) is 0 Å². The lowest BCUT2D eigenvalue weighted by Gasteiger charge is -2.20. The first-order valence-electron chi connectivity index (χ1n) is 11.1. The summed E-state index contributed by atoms with van der Waals surface area (Å²) in [6.07, 6.45) is 1.60. The zero-order valence-corrected chi connectivity index (χ0v) is 18.8. The number of carbonyl (C=O) groups is 1. The summed E-state index contributed by atoms with van der Waals surface area (Å²) in [5.74, 6) is 0.666. The van der Waals surface area contributed by atoms with Crippen molar-refractivity contribution >= 4 is 40.9 Å². The number of carbonyl (C=O) groups excluding carboxylic acids is 1. The maximum atomic E-state index is 13.1. The van der Waals surface area contributed by atoms with Gasteiger partial charge in [0.25, 0.3) is 6.01 Å². The molecule has 0 atom stereocenters. The molecule has 2 aliphatic rings. The SMILES string of the molecule is Cc1ccc(N2CCN(c3cccc(C(F)(F)F)c3)C2=O)cc1Nc1ncc(C2=CC=NCC2)o1. The van der Waals surface area contributed by atoms with E-state index in [1.165, 1.54) is 21.9 Å². The predicted molar refractivity (Wildman–Crippen MR) is 128 cm³/mol. The van der Waals surface area contributed by atoms with Gasteiger partial charge in [0, 0.05) is 42.9 Å². The van der Waals surface area contributed by atoms with Crippen LogP contribution in [0.5, 0.6) is 0 Å². The molecule has 0 unspecified atom stereocenters. The van der Waals surface area contributed by atoms with E-state index >= 15 is 0 Å². The minimum atomic E-state index is -4.48. The maximum Gasteiger partial charge on any atom is 0.416 e. The van der Waals surface area contributed by atoms with Crippen molar-refractivity contribution in [3.63, 3.8) is 0 Å². The van der Waals surface area contributed by atoms with E-state index in [-0.39, 0.29) is 18.3 Å². The summed E-state index contributed by atoms with van der Waals surface area (Å²) in [6.45, 7) is 3.24. The van der Waals surface area contributed by atoms with Gasteiger partial charge in [0.1, 0.15) is 0 Å². The number of rotatable bonds is 5. The van der Waals surface area contributed by atoms with E-state index < -0.39 is 11.7 Å². The predicted octanol–water partition coefficient (Wildman–Crippen LogP) is 6.05. The molecule has 0 aliphatic carbocycles. The number of dihydropyridines is 1. The Morgan fingerprint density at radius 1 is 1.06 bits per heavy atom. The first-order valence-corrected chi connectivity index (χ1v) is 11.1. The van der Waals surface area contributed by atoms with Gasteiger partial charge in [-0.25, -0.2) is 9.78 Å². The molecule has 5 rings (SSSR count). The van der Waals surface area contributed by atoms with Crippen molar-refractivity contribution in [2.45, 2.75) is 19.5 Å². The number of nitrogens with one attached hydrogen (secondary N) is 1. The average Bonchev–Trinajstić information content (AvgIpc) is 3.47. The smallest absolute Gasteiger partial charge is 0.416 e. The number of halogens is 3. The highest BCUT2D eigenvalue weighted by Gasteiger charge is 2.34. The second-order valence-electron chi connectivity index (χ2n) is 8.28. The Kier molecular flexibility index (Phi) is 5.80. The van der Waals surface area contributed by atoms with Gasteiger partial charge in [0.05, 0.1) is 11.8 Å². The fourth-order valence-corrected chi connectivity index (χ4v) is 4.07. The van der Waals surface area contributed by atoms with Crippen LogP contribution in [0.1, 0.15) is 23.3 Å². The second kappa shape index (κ2) is 8.94. The zero-order valence-electron chi connectivity index (χ0n) is 18.8. The van der Waals surface area contributed by atoms with Crippen molar-refractivity contribution in [2.24, 2.45) is 4.99 Å². The lowest BCUT2D eigenvalue weighted by Crippen LogP contribution is -2.31. The Morgan fingerprint density at radius 2 is 1.83 bits per heavy atom. The molecule has 10 heteroatoms. The molecule has 0 spiro atoms. The minimum absolute atomic E-state index is 0.215. The number of benzene rings is 2. The van der Waals surface area contributed by atoms with Gasteiger partial charge in [-0.05, 0) is 60.9 Å². The number of nitrogens with zero attached hydrogens (tertiary/aromatic N) is 4. The highest BCUT2D eigenvalue weighted by atomic mass is 19.4. The van der Waals surface area contributed by atoms with Gasteiger partial charge >= 0.3 is 12.2 Å². The Bertz CT molecular complexity index is 1330. The standard InChI is InChI=1S/C25H22F3N5O2/c1-16-5-6-20(14-21(16)31-23-30-15-22(35-23)17-7-9-29-10-8-17)33-12-11-32(24(33)34)19-4-2-3-18(13-19)25(26,27)28/h2-7,9,13-15H,8,10-12H2,1H3,(H,30,31). The summed E-state index contributed by atoms with van der Waals surface area (Å²) in [5, 5.41) is 3.16. The summed E-state index contributed by atoms with van der Waals surface area (Å²) >= 11 is 0. The van der Waals surface area contributed by atoms with Gasteiger partial charge in [-0.2, -0.15) is 13.2 Å². The van der Waals surface area contributed by atoms with Crippen LogP contribution in [0.2, 0.25) is 0 Å². The molecule has 2 aliphatic heterocycles. The second-order valence-corrected chi connectivity index (χ2v) is 8.28. The molecule has 2 aromatic carbocycles. The van der Waals surface area contributed by atoms with Crippen molar-refractivity contribution in [2.75, 3.05) is 34.8 Å². The highest BCUT2D eigenvalue weighted by Crippen LogP contribution is 2.34. The third-order valence-corrected chi connectivity index (χ3v) is 5.98. The van der Waals surface area contributed by atoms with Crippen molar-refractivity contribution in [3.05, 3.63) is 71.6 Å². The van der Waals surface area contributed by atoms with E-state index in [9.17, 15) is 18.0 Å². The summed E-state index contributed by atoms with van der Waals surface area (Å²) in [5.41, 5.74) is 2.69. The Labute approximate surface area is 199 Å². The van der Waals surface area contributed by atoms with Crippen LogP contribution in [0.4, 0.5) is 41.0 Å². The molecule has 1 saturated heterocycles. The first-order chi connectivity index (χ1) is 16.8. The Hall–Kier alpha value is -4.08. The molecule has 0 bridgehead atoms. The molecule has 180 valence electrons. The van der Waals surface area contributed by atoms with Crippen LogP contribution in [0.15, 0.2) is 64.1 Å². The molecule has 1 fully saturated rings. The molecule has 2 amide bonds. The fraction of sp³-hybridized carbons (Fsp3) is 0.240. The number of urea groups is 1. The molecule has 35 heavy (non-hydrogen) atoms. The summed E-state index contributed by atoms with van der Waals surface area (Å²) in [6, 6.07) is 10.2. The van der Waals surface area contributed by atoms with E-state index in [0.29, 0.717) is 36.2 Å². The number of hydrogen-bond acceptors (Lipinski definition) is 5. The molecular weight excluding hydrogens is 459 g/mol. The van der Waals surface area contributed by atoms with Gasteiger partial charge < -0.3 is 9.73 Å². The number of hydrogen-bond donors (Lipinski definition) is 1. The Morgan fingerprint density at radius 3 is 2.54 bits per heavy atom. The van der Waals surface area contributed by atoms with Crippen molar-refractivity contribution in [1.82, 2.24) is 4.98 Å². The van der Waals surface area contributed by atoms with Gasteiger partial charge in [0.2, 0.25) is 0 Å². The largest absolute Gasteiger partial charge is 0.424 e. The van der Waals surface area contributed by atoms with E-state index in [1.54, 1.807) is 24.5 Å². The van der Waals surface area contributed by atoms with Crippen LogP contribution in [-0.2, 0) is 6.18 Å². The van der Waals surface area contributed by atoms with Crippen LogP contribution in [0.3, 0.4) is 0 Å². The van der Waals surface area contributed by atoms with Crippen molar-refractivity contribution in [3.8, 4) is 0 Å². The monoisotopic (exact) mass is 481 g/mol. The number of alkyl halides is 3. The number of aliphatic imine (C=N–C) groups is 1. The lowest BCUT2D eigenvalue weighted by atomic mass is 10.1. The molecule has 7 nitrogen and oxygen atoms in total. The number of amides is 2. The highest BCUT2D eigenvalue weighted by molar-refractivity contribution is 6.06. The number of aromatic nitrogens is 1. The lowest BCUT2D eigenvalue weighted by molar-refractivity contribution is -0.137. The van der Waals surface area contributed by atoms with Crippen LogP contribution in [-0.4, -0.2) is 36.9 Å². The molecular formula is C25H22F3N5O2. The number of aryl methyl sites for hydroxylation is 1. The Balaban J connectivity index is 1.35. The molecule has 1 aromatic heterocycles. The van der Waals surface area contributed by atoms with Crippen molar-refractivity contribution < 1.29 is 22.4 Å². The van der Waals surface area contributed by atoms with Crippen LogP contribution in [0.25, 0.3) is 5.57 Å². The number of anilines is 4. The van der Waals surface area contributed by atoms with E-state index in [2.05, 4.69) is 15.3 Å². The molecule has 0 saturated carbocycles. The maximum absolute atomic E-state index is 13.1. The molecule has 3 aromatic rings. The third kappa shape index (κ3) is 4.64. The summed E-state index contributed by atoms with van der Waals surface area (Å²) in [4.78, 5) is 24.5. The van der Waals surface area contributed by atoms with Gasteiger partial charge in [-0.3, -0.25) is 14.8 Å². The minimum Gasteiger partial charge on any atom is -0.424 e. The normalized spacial score (nSPS) is 16.1. The number of oxazole rings is 1. The average molecular weight is 481 g/mol. The van der Waals surface area contributed by atoms with E-state index in [1.807, 2.05) is 19.1 Å². The van der Waals surface area contributed by atoms with Crippen LogP contribution in [0, 0.1) is 6.92 Å². The van der Waals surface area contributed by atoms with Crippen LogP contribution >= 0.6 is 0 Å². The topological polar surface area (TPSA) is 74.0 Å². The van der Waals surface area contributed by atoms with E-state index in [0.717, 1.165) is 29.7 Å². The van der Waals surface area contributed by atoms with Gasteiger partial charge in [-0.1, -0.05) is 12.1 Å². The van der Waals surface area contributed by atoms with Crippen LogP contribution < -0.4 is 15.1 Å². The summed E-state index contributed by atoms with van der Waals surface area (Å²) in [7, 11) is 0. The quantitative estimate of drug-likeness (QED) is 0.482.